The third-order valence-corrected chi connectivity index (χ3v) is 12.7. The van der Waals surface area contributed by atoms with E-state index in [0.717, 1.165) is 10.8 Å². The Labute approximate surface area is 463 Å². The predicted octanol–water partition coefficient (Wildman–Crippen LogP) is -4.23. The summed E-state index contributed by atoms with van der Waals surface area (Å²) in [7, 11) is 1.39. The lowest BCUT2D eigenvalue weighted by molar-refractivity contribution is -0.135. The lowest BCUT2D eigenvalue weighted by Crippen LogP contribution is -2.60. The minimum atomic E-state index is -1.51. The molecule has 0 aliphatic carbocycles. The fourth-order valence-corrected chi connectivity index (χ4v) is 8.53. The summed E-state index contributed by atoms with van der Waals surface area (Å²) in [5, 5.41) is 23.4. The number of benzene rings is 3. The van der Waals surface area contributed by atoms with Crippen molar-refractivity contribution in [2.75, 3.05) is 33.2 Å². The average Bonchev–Trinajstić information content (AvgIpc) is 3.45. The minimum absolute atomic E-state index is 0.0211. The number of aliphatic imine (C=N–C) groups is 4. The molecule has 0 saturated carbocycles. The lowest BCUT2D eigenvalue weighted by atomic mass is 9.99. The first-order valence-corrected chi connectivity index (χ1v) is 26.3. The first-order chi connectivity index (χ1) is 38.2. The van der Waals surface area contributed by atoms with Crippen LogP contribution < -0.4 is 88.4 Å². The summed E-state index contributed by atoms with van der Waals surface area (Å²) in [5.41, 5.74) is 45.9. The molecule has 0 aromatic heterocycles. The maximum absolute atomic E-state index is 14.9. The highest BCUT2D eigenvalue weighted by molar-refractivity contribution is 5.99. The van der Waals surface area contributed by atoms with Crippen LogP contribution in [0.5, 0.6) is 0 Å². The normalized spacial score (nSPS) is 20.6. The third-order valence-electron chi connectivity index (χ3n) is 12.7. The van der Waals surface area contributed by atoms with Gasteiger partial charge in [0.15, 0.2) is 23.8 Å². The van der Waals surface area contributed by atoms with Gasteiger partial charge in [0.2, 0.25) is 47.3 Å². The van der Waals surface area contributed by atoms with Gasteiger partial charge in [-0.25, -0.2) is 0 Å². The molecule has 8 amide bonds. The molecule has 1 heterocycles. The van der Waals surface area contributed by atoms with Crippen LogP contribution >= 0.6 is 0 Å². The number of hydrogen-bond donors (Lipinski definition) is 16. The summed E-state index contributed by atoms with van der Waals surface area (Å²) in [5.74, 6) is -7.36. The predicted molar refractivity (Wildman–Crippen MR) is 304 cm³/mol. The number of fused-ring (bicyclic) bond motifs is 1. The molecule has 1 fully saturated rings. The topological polar surface area (TPSA) is 490 Å². The standard InChI is InChI=1S/C52H78N20O8/c1-61-41(73)22-21-38-46(78)67-34(15-7-23-62-49(53)54)42(74)66-36(17-9-25-64-51(57)58)44(76)71-39(28-30-11-3-2-4-12-30)47(79)69-37(18-10-26-65-52(59)60)45(77)72-40(29-31-19-20-32-13-5-6-14-33(32)27-31)48(80)68-35(43(75)70-38)16-8-24-63-50(55)56/h2-6,11-14,19-20,27,34-40H,7-10,15-18,21-26,28-29H2,1H3,(H,61,73)(H,66,74)(H,67,78)(H,68,80)(H,69,79)(H,70,75)(H,71,76)(H,72,77)(H4,53,54,62)(H4,55,56,63)(H4,57,58,64)(H4,59,60,65)/t34-,35-,36-,37-,38-,39?,40-/m0/s1. The number of nitrogens with zero attached hydrogens (tertiary/aromatic N) is 4. The number of guanidine groups is 4. The van der Waals surface area contributed by atoms with E-state index in [2.05, 4.69) is 62.5 Å². The average molecular weight is 1110 g/mol. The quantitative estimate of drug-likeness (QED) is 0.0243. The van der Waals surface area contributed by atoms with E-state index in [1.54, 1.807) is 36.4 Å². The lowest BCUT2D eigenvalue weighted by Gasteiger charge is -2.28. The van der Waals surface area contributed by atoms with Gasteiger partial charge in [0.05, 0.1) is 0 Å². The van der Waals surface area contributed by atoms with Gasteiger partial charge in [0.1, 0.15) is 42.3 Å². The van der Waals surface area contributed by atoms with Crippen molar-refractivity contribution >= 4 is 81.9 Å². The molecule has 1 aliphatic rings. The van der Waals surface area contributed by atoms with E-state index in [1.165, 1.54) is 7.05 Å². The number of nitrogens with two attached hydrogens (primary N) is 8. The van der Waals surface area contributed by atoms with E-state index in [9.17, 15) is 38.4 Å². The fraction of sp³-hybridized carbons (Fsp3) is 0.462. The Morgan fingerprint density at radius 3 is 1.07 bits per heavy atom. The molecule has 7 atom stereocenters. The van der Waals surface area contributed by atoms with Crippen molar-refractivity contribution in [1.82, 2.24) is 42.5 Å². The maximum atomic E-state index is 14.9. The molecule has 80 heavy (non-hydrogen) atoms. The van der Waals surface area contributed by atoms with Crippen LogP contribution in [0.3, 0.4) is 0 Å². The van der Waals surface area contributed by atoms with Gasteiger partial charge in [-0.05, 0) is 79.7 Å². The summed E-state index contributed by atoms with van der Waals surface area (Å²) < 4.78 is 0. The monoisotopic (exact) mass is 1110 g/mol. The summed E-state index contributed by atoms with van der Waals surface area (Å²) in [6.07, 6.45) is -0.652. The first-order valence-electron chi connectivity index (χ1n) is 26.3. The number of nitrogens with one attached hydrogen (secondary N) is 8. The van der Waals surface area contributed by atoms with Crippen LogP contribution in [-0.2, 0) is 51.2 Å². The van der Waals surface area contributed by atoms with Gasteiger partial charge in [-0.1, -0.05) is 72.8 Å². The second-order valence-corrected chi connectivity index (χ2v) is 19.0. The van der Waals surface area contributed by atoms with Crippen molar-refractivity contribution in [2.24, 2.45) is 65.8 Å². The van der Waals surface area contributed by atoms with Gasteiger partial charge in [-0.3, -0.25) is 58.3 Å². The van der Waals surface area contributed by atoms with Crippen LogP contribution in [0.2, 0.25) is 0 Å². The molecule has 1 saturated heterocycles. The van der Waals surface area contributed by atoms with Crippen molar-refractivity contribution in [3.63, 3.8) is 0 Å². The molecule has 4 rings (SSSR count). The molecule has 434 valence electrons. The van der Waals surface area contributed by atoms with Crippen LogP contribution in [0.1, 0.15) is 75.3 Å². The first kappa shape index (κ1) is 63.3. The van der Waals surface area contributed by atoms with Gasteiger partial charge in [0, 0.05) is 52.5 Å². The second-order valence-electron chi connectivity index (χ2n) is 19.0. The van der Waals surface area contributed by atoms with Crippen LogP contribution in [-0.4, -0.2) is 147 Å². The highest BCUT2D eigenvalue weighted by Gasteiger charge is 2.36. The van der Waals surface area contributed by atoms with Crippen molar-refractivity contribution in [1.29, 1.82) is 0 Å². The number of hydrogen-bond acceptors (Lipinski definition) is 12. The number of amides is 8. The van der Waals surface area contributed by atoms with Crippen LogP contribution in [0.25, 0.3) is 10.8 Å². The number of carbonyl (C=O) groups excluding carboxylic acids is 8. The number of carbonyl (C=O) groups is 8. The second kappa shape index (κ2) is 33.1. The van der Waals surface area contributed by atoms with E-state index in [0.29, 0.717) is 11.1 Å². The van der Waals surface area contributed by atoms with E-state index in [1.807, 2.05) is 36.4 Å². The van der Waals surface area contributed by atoms with Crippen molar-refractivity contribution in [3.05, 3.63) is 83.9 Å². The Morgan fingerprint density at radius 2 is 0.713 bits per heavy atom. The molecule has 0 spiro atoms. The highest BCUT2D eigenvalue weighted by Crippen LogP contribution is 2.18. The smallest absolute Gasteiger partial charge is 0.243 e. The van der Waals surface area contributed by atoms with Gasteiger partial charge in [-0.2, -0.15) is 0 Å². The van der Waals surface area contributed by atoms with Gasteiger partial charge < -0.3 is 88.4 Å². The zero-order chi connectivity index (χ0) is 58.6. The Morgan fingerprint density at radius 1 is 0.400 bits per heavy atom. The van der Waals surface area contributed by atoms with Crippen molar-refractivity contribution in [3.8, 4) is 0 Å². The Hall–Kier alpha value is -9.24. The molecule has 3 aromatic rings. The zero-order valence-electron chi connectivity index (χ0n) is 45.0. The van der Waals surface area contributed by atoms with Crippen LogP contribution in [0.15, 0.2) is 92.8 Å². The van der Waals surface area contributed by atoms with E-state index >= 15 is 0 Å². The highest BCUT2D eigenvalue weighted by atomic mass is 16.2. The van der Waals surface area contributed by atoms with E-state index in [4.69, 9.17) is 45.9 Å². The Kier molecular flexibility index (Phi) is 26.2. The Bertz CT molecular complexity index is 2710. The SMILES string of the molecule is CNC(=O)CC[C@@H]1NC(=O)[C@H](CCCN=C(N)N)NC(=O)[C@H](Cc2ccc3ccccc3c2)NC(=O)[C@H](CCCN=C(N)N)NC(=O)C(Cc2ccccc2)NC(=O)[C@H](CCCN=C(N)N)NC(=O)[C@H](CCCN=C(N)N)NC1=O. The molecule has 28 heteroatoms. The third kappa shape index (κ3) is 22.8. The maximum Gasteiger partial charge on any atom is 0.243 e. The Balaban J connectivity index is 1.93. The van der Waals surface area contributed by atoms with E-state index in [-0.39, 0.29) is 127 Å². The summed E-state index contributed by atoms with van der Waals surface area (Å²) in [4.78, 5) is 131. The molecule has 0 bridgehead atoms. The van der Waals surface area contributed by atoms with Crippen LogP contribution in [0, 0.1) is 0 Å². The van der Waals surface area contributed by atoms with Gasteiger partial charge in [0.25, 0.3) is 0 Å². The molecule has 3 aromatic carbocycles. The number of rotatable bonds is 23. The molecular formula is C52H78N20O8. The summed E-state index contributed by atoms with van der Waals surface area (Å²) >= 11 is 0. The molecular weight excluding hydrogens is 1030 g/mol. The van der Waals surface area contributed by atoms with E-state index < -0.39 is 89.6 Å². The molecule has 28 nitrogen and oxygen atoms in total. The van der Waals surface area contributed by atoms with Crippen molar-refractivity contribution < 1.29 is 38.4 Å². The molecule has 1 aliphatic heterocycles. The van der Waals surface area contributed by atoms with Crippen molar-refractivity contribution in [2.45, 2.75) is 119 Å². The summed E-state index contributed by atoms with van der Waals surface area (Å²) in [6, 6.07) is 11.7. The fourth-order valence-electron chi connectivity index (χ4n) is 8.53. The minimum Gasteiger partial charge on any atom is -0.370 e. The molecule has 0 radical (unpaired) electrons. The molecule has 24 N–H and O–H groups in total. The van der Waals surface area contributed by atoms with Gasteiger partial charge in [-0.15, -0.1) is 0 Å². The largest absolute Gasteiger partial charge is 0.370 e. The zero-order valence-corrected chi connectivity index (χ0v) is 45.0. The van der Waals surface area contributed by atoms with Crippen LogP contribution in [0.4, 0.5) is 0 Å². The summed E-state index contributed by atoms with van der Waals surface area (Å²) in [6.45, 7) is 0.122. The molecule has 1 unspecified atom stereocenters. The van der Waals surface area contributed by atoms with Gasteiger partial charge >= 0.3 is 0 Å².